The van der Waals surface area contributed by atoms with Crippen molar-refractivity contribution < 1.29 is 9.53 Å². The Labute approximate surface area is 116 Å². The van der Waals surface area contributed by atoms with Gasteiger partial charge in [-0.15, -0.1) is 0 Å². The minimum absolute atomic E-state index is 0.218. The van der Waals surface area contributed by atoms with Gasteiger partial charge in [0.15, 0.2) is 0 Å². The summed E-state index contributed by atoms with van der Waals surface area (Å²) in [4.78, 5) is 12.1. The summed E-state index contributed by atoms with van der Waals surface area (Å²) in [6.45, 7) is 0.370. The van der Waals surface area contributed by atoms with Crippen molar-refractivity contribution in [1.29, 1.82) is 0 Å². The van der Waals surface area contributed by atoms with Crippen LogP contribution in [0.5, 0.6) is 0 Å². The van der Waals surface area contributed by atoms with E-state index in [0.29, 0.717) is 6.61 Å². The number of esters is 1. The molecule has 0 bridgehead atoms. The number of carbonyl (C=O) groups is 1. The Hall–Kier alpha value is -2.61. The van der Waals surface area contributed by atoms with Crippen molar-refractivity contribution in [3.05, 3.63) is 71.8 Å². The van der Waals surface area contributed by atoms with Gasteiger partial charge < -0.3 is 4.74 Å². The van der Waals surface area contributed by atoms with Gasteiger partial charge in [0.05, 0.1) is 5.56 Å². The lowest BCUT2D eigenvalue weighted by molar-refractivity contribution is 0.0536. The summed E-state index contributed by atoms with van der Waals surface area (Å²) in [7, 11) is 0. The Balaban J connectivity index is 2.12. The summed E-state index contributed by atoms with van der Waals surface area (Å²) in [5, 5.41) is 2.25. The zero-order valence-corrected chi connectivity index (χ0v) is 10.8. The van der Waals surface area contributed by atoms with E-state index in [0.717, 1.165) is 33.0 Å². The molecule has 2 nitrogen and oxygen atoms in total. The molecule has 1 aliphatic heterocycles. The molecule has 4 rings (SSSR count). The highest BCUT2D eigenvalue weighted by atomic mass is 16.5. The molecule has 0 atom stereocenters. The van der Waals surface area contributed by atoms with Crippen LogP contribution in [0.4, 0.5) is 0 Å². The number of benzene rings is 3. The zero-order chi connectivity index (χ0) is 13.5. The van der Waals surface area contributed by atoms with E-state index < -0.39 is 0 Å². The van der Waals surface area contributed by atoms with Crippen LogP contribution in [0.2, 0.25) is 0 Å². The largest absolute Gasteiger partial charge is 0.457 e. The van der Waals surface area contributed by atoms with E-state index in [4.69, 9.17) is 4.74 Å². The SMILES string of the molecule is O=C1OCc2c1c(-c1ccccc1)cc1ccccc21. The Morgan fingerprint density at radius 3 is 2.50 bits per heavy atom. The maximum atomic E-state index is 12.1. The van der Waals surface area contributed by atoms with Crippen LogP contribution < -0.4 is 0 Å². The Bertz CT molecular complexity index is 819. The molecule has 0 N–H and O–H groups in total. The van der Waals surface area contributed by atoms with Crippen LogP contribution in [0.15, 0.2) is 60.7 Å². The Morgan fingerprint density at radius 2 is 1.65 bits per heavy atom. The molecular weight excluding hydrogens is 248 g/mol. The molecule has 0 aromatic heterocycles. The lowest BCUT2D eigenvalue weighted by Gasteiger charge is -2.09. The number of hydrogen-bond donors (Lipinski definition) is 0. The first kappa shape index (κ1) is 11.2. The summed E-state index contributed by atoms with van der Waals surface area (Å²) in [6, 6.07) is 20.2. The lowest BCUT2D eigenvalue weighted by atomic mass is 9.92. The van der Waals surface area contributed by atoms with E-state index >= 15 is 0 Å². The number of rotatable bonds is 1. The zero-order valence-electron chi connectivity index (χ0n) is 10.8. The summed E-state index contributed by atoms with van der Waals surface area (Å²) in [6.07, 6.45) is 0. The molecule has 0 saturated heterocycles. The van der Waals surface area contributed by atoms with Gasteiger partial charge in [-0.1, -0.05) is 54.6 Å². The molecule has 1 aliphatic rings. The van der Waals surface area contributed by atoms with E-state index in [9.17, 15) is 4.79 Å². The Kier molecular flexibility index (Phi) is 2.36. The molecule has 3 aromatic rings. The van der Waals surface area contributed by atoms with Gasteiger partial charge in [-0.25, -0.2) is 4.79 Å². The maximum absolute atomic E-state index is 12.1. The number of hydrogen-bond acceptors (Lipinski definition) is 2. The third-order valence-corrected chi connectivity index (χ3v) is 3.79. The molecule has 0 amide bonds. The third-order valence-electron chi connectivity index (χ3n) is 3.79. The van der Waals surface area contributed by atoms with Crippen LogP contribution in [-0.2, 0) is 11.3 Å². The van der Waals surface area contributed by atoms with Crippen LogP contribution in [0.1, 0.15) is 15.9 Å². The first-order valence-corrected chi connectivity index (χ1v) is 6.62. The summed E-state index contributed by atoms with van der Waals surface area (Å²) < 4.78 is 5.25. The van der Waals surface area contributed by atoms with Gasteiger partial charge in [-0.05, 0) is 28.0 Å². The van der Waals surface area contributed by atoms with Crippen molar-refractivity contribution in [3.63, 3.8) is 0 Å². The summed E-state index contributed by atoms with van der Waals surface area (Å²) in [5.41, 5.74) is 3.73. The van der Waals surface area contributed by atoms with Gasteiger partial charge in [0.2, 0.25) is 0 Å². The molecule has 0 aliphatic carbocycles. The van der Waals surface area contributed by atoms with Crippen molar-refractivity contribution in [2.75, 3.05) is 0 Å². The van der Waals surface area contributed by atoms with Crippen molar-refractivity contribution in [2.24, 2.45) is 0 Å². The number of cyclic esters (lactones) is 1. The fraction of sp³-hybridized carbons (Fsp3) is 0.0556. The minimum Gasteiger partial charge on any atom is -0.457 e. The smallest absolute Gasteiger partial charge is 0.339 e. The predicted molar refractivity (Wildman–Crippen MR) is 78.5 cm³/mol. The van der Waals surface area contributed by atoms with Gasteiger partial charge in [0.25, 0.3) is 0 Å². The molecule has 0 spiro atoms. The maximum Gasteiger partial charge on any atom is 0.339 e. The second kappa shape index (κ2) is 4.20. The van der Waals surface area contributed by atoms with Crippen molar-refractivity contribution in [1.82, 2.24) is 0 Å². The van der Waals surface area contributed by atoms with Gasteiger partial charge in [0, 0.05) is 5.56 Å². The monoisotopic (exact) mass is 260 g/mol. The molecule has 0 unspecified atom stereocenters. The summed E-state index contributed by atoms with van der Waals surface area (Å²) in [5.74, 6) is -0.218. The van der Waals surface area contributed by atoms with E-state index in [-0.39, 0.29) is 5.97 Å². The highest BCUT2D eigenvalue weighted by molar-refractivity contribution is 6.07. The van der Waals surface area contributed by atoms with Crippen LogP contribution in [0.3, 0.4) is 0 Å². The topological polar surface area (TPSA) is 26.3 Å². The normalized spacial score (nSPS) is 13.3. The highest BCUT2D eigenvalue weighted by Gasteiger charge is 2.27. The van der Waals surface area contributed by atoms with E-state index in [1.54, 1.807) is 0 Å². The Morgan fingerprint density at radius 1 is 0.900 bits per heavy atom. The van der Waals surface area contributed by atoms with Crippen molar-refractivity contribution in [3.8, 4) is 11.1 Å². The van der Waals surface area contributed by atoms with Gasteiger partial charge in [0.1, 0.15) is 6.61 Å². The summed E-state index contributed by atoms with van der Waals surface area (Å²) >= 11 is 0. The molecule has 0 fully saturated rings. The van der Waals surface area contributed by atoms with Crippen LogP contribution in [0.25, 0.3) is 21.9 Å². The molecule has 0 saturated carbocycles. The van der Waals surface area contributed by atoms with E-state index in [2.05, 4.69) is 12.1 Å². The molecular formula is C18H12O2. The number of fused-ring (bicyclic) bond motifs is 3. The molecule has 20 heavy (non-hydrogen) atoms. The standard InChI is InChI=1S/C18H12O2/c19-18-17-15(12-6-2-1-3-7-12)10-13-8-4-5-9-14(13)16(17)11-20-18/h1-10H,11H2. The van der Waals surface area contributed by atoms with E-state index in [1.165, 1.54) is 0 Å². The molecule has 96 valence electrons. The number of carbonyl (C=O) groups excluding carboxylic acids is 1. The minimum atomic E-state index is -0.218. The fourth-order valence-electron chi connectivity index (χ4n) is 2.86. The second-order valence-corrected chi connectivity index (χ2v) is 4.94. The highest BCUT2D eigenvalue weighted by Crippen LogP contribution is 2.36. The molecule has 0 radical (unpaired) electrons. The average Bonchev–Trinajstić information content (AvgIpc) is 2.90. The van der Waals surface area contributed by atoms with E-state index in [1.807, 2.05) is 48.5 Å². The molecule has 3 aromatic carbocycles. The van der Waals surface area contributed by atoms with Gasteiger partial charge in [-0.2, -0.15) is 0 Å². The molecule has 1 heterocycles. The predicted octanol–water partition coefficient (Wildman–Crippen LogP) is 4.18. The van der Waals surface area contributed by atoms with Crippen LogP contribution >= 0.6 is 0 Å². The van der Waals surface area contributed by atoms with Crippen molar-refractivity contribution >= 4 is 16.7 Å². The first-order chi connectivity index (χ1) is 9.84. The first-order valence-electron chi connectivity index (χ1n) is 6.62. The van der Waals surface area contributed by atoms with Gasteiger partial charge in [-0.3, -0.25) is 0 Å². The average molecular weight is 260 g/mol. The number of ether oxygens (including phenoxy) is 1. The second-order valence-electron chi connectivity index (χ2n) is 4.94. The van der Waals surface area contributed by atoms with Crippen LogP contribution in [0, 0.1) is 0 Å². The lowest BCUT2D eigenvalue weighted by Crippen LogP contribution is -1.98. The third kappa shape index (κ3) is 1.55. The van der Waals surface area contributed by atoms with Crippen LogP contribution in [-0.4, -0.2) is 5.97 Å². The van der Waals surface area contributed by atoms with Crippen molar-refractivity contribution in [2.45, 2.75) is 6.61 Å². The molecule has 2 heteroatoms. The van der Waals surface area contributed by atoms with Gasteiger partial charge >= 0.3 is 5.97 Å². The quantitative estimate of drug-likeness (QED) is 0.614. The fourth-order valence-corrected chi connectivity index (χ4v) is 2.86.